The Morgan fingerprint density at radius 3 is 2.85 bits per heavy atom. The number of aryl methyl sites for hydroxylation is 1. The van der Waals surface area contributed by atoms with Crippen molar-refractivity contribution in [2.24, 2.45) is 11.8 Å². The van der Waals surface area contributed by atoms with Crippen molar-refractivity contribution in [3.05, 3.63) is 29.3 Å². The lowest BCUT2D eigenvalue weighted by Gasteiger charge is -2.47. The quantitative estimate of drug-likeness (QED) is 0.865. The number of amides is 1. The van der Waals surface area contributed by atoms with Crippen LogP contribution < -0.4 is 10.2 Å². The van der Waals surface area contributed by atoms with E-state index in [0.29, 0.717) is 12.5 Å². The Morgan fingerprint density at radius 1 is 1.31 bits per heavy atom. The topological polar surface area (TPSA) is 60.0 Å². The van der Waals surface area contributed by atoms with Crippen molar-refractivity contribution < 1.29 is 19.0 Å². The summed E-state index contributed by atoms with van der Waals surface area (Å²) in [6.45, 7) is 6.80. The molecule has 4 atom stereocenters. The molecule has 1 aromatic carbocycles. The Balaban J connectivity index is 1.44. The molecule has 2 heterocycles. The van der Waals surface area contributed by atoms with Gasteiger partial charge in [0.2, 0.25) is 0 Å². The zero-order valence-electron chi connectivity index (χ0n) is 15.6. The first-order valence-corrected chi connectivity index (χ1v) is 9.54. The van der Waals surface area contributed by atoms with E-state index in [9.17, 15) is 4.79 Å². The predicted octanol–water partition coefficient (Wildman–Crippen LogP) is 1.61. The maximum Gasteiger partial charge on any atom is 0.251 e. The van der Waals surface area contributed by atoms with E-state index in [1.807, 2.05) is 12.1 Å². The molecule has 26 heavy (non-hydrogen) atoms. The van der Waals surface area contributed by atoms with E-state index in [1.165, 1.54) is 5.69 Å². The normalized spacial score (nSPS) is 30.6. The van der Waals surface area contributed by atoms with E-state index in [4.69, 9.17) is 14.2 Å². The lowest BCUT2D eigenvalue weighted by molar-refractivity contribution is -0.0809. The fraction of sp³-hybridized carbons (Fsp3) is 0.650. The summed E-state index contributed by atoms with van der Waals surface area (Å²) in [5.41, 5.74) is 3.04. The van der Waals surface area contributed by atoms with Crippen LogP contribution in [0.4, 0.5) is 5.69 Å². The third-order valence-corrected chi connectivity index (χ3v) is 6.00. The van der Waals surface area contributed by atoms with Crippen molar-refractivity contribution in [3.8, 4) is 0 Å². The van der Waals surface area contributed by atoms with E-state index in [0.717, 1.165) is 50.5 Å². The van der Waals surface area contributed by atoms with Gasteiger partial charge in [-0.2, -0.15) is 0 Å². The monoisotopic (exact) mass is 360 g/mol. The Bertz CT molecular complexity index is 659. The molecule has 1 N–H and O–H groups in total. The molecule has 3 aliphatic rings. The van der Waals surface area contributed by atoms with E-state index in [2.05, 4.69) is 23.2 Å². The molecule has 3 fully saturated rings. The molecule has 142 valence electrons. The molecule has 1 aliphatic carbocycles. The van der Waals surface area contributed by atoms with Crippen LogP contribution in [0, 0.1) is 18.8 Å². The predicted molar refractivity (Wildman–Crippen MR) is 98.7 cm³/mol. The summed E-state index contributed by atoms with van der Waals surface area (Å²) in [7, 11) is 1.70. The molecule has 0 bridgehead atoms. The smallest absolute Gasteiger partial charge is 0.251 e. The number of carbonyl (C=O) groups excluding carboxylic acids is 1. The highest BCUT2D eigenvalue weighted by atomic mass is 16.5. The SMILES string of the molecule is COC[C@@H]1[C@H](NC(=O)c2ccc(N3CCOCC3)c(C)c2)[C@@H]2CCO[C@H]12. The summed E-state index contributed by atoms with van der Waals surface area (Å²) in [5.74, 6) is 0.677. The van der Waals surface area contributed by atoms with Crippen LogP contribution in [0.1, 0.15) is 22.3 Å². The maximum atomic E-state index is 12.8. The molecule has 1 saturated carbocycles. The largest absolute Gasteiger partial charge is 0.384 e. The second-order valence-electron chi connectivity index (χ2n) is 7.51. The number of hydrogen-bond donors (Lipinski definition) is 1. The van der Waals surface area contributed by atoms with Gasteiger partial charge >= 0.3 is 0 Å². The molecule has 1 aromatic rings. The van der Waals surface area contributed by atoms with Gasteiger partial charge in [-0.05, 0) is 37.1 Å². The van der Waals surface area contributed by atoms with Crippen LogP contribution in [0.25, 0.3) is 0 Å². The number of methoxy groups -OCH3 is 1. The number of ether oxygens (including phenoxy) is 3. The molecule has 0 spiro atoms. The number of nitrogens with zero attached hydrogens (tertiary/aromatic N) is 1. The maximum absolute atomic E-state index is 12.8. The fourth-order valence-electron chi connectivity index (χ4n) is 4.62. The van der Waals surface area contributed by atoms with Gasteiger partial charge in [0.05, 0.1) is 25.9 Å². The minimum absolute atomic E-state index is 0.00178. The third-order valence-electron chi connectivity index (χ3n) is 6.00. The molecule has 0 unspecified atom stereocenters. The second-order valence-corrected chi connectivity index (χ2v) is 7.51. The highest BCUT2D eigenvalue weighted by Gasteiger charge is 2.54. The standard InChI is InChI=1S/C20H28N2O4/c1-13-11-14(3-4-17(13)22-6-9-25-10-7-22)20(23)21-18-15-5-8-26-19(15)16(18)12-24-2/h3-4,11,15-16,18-19H,5-10,12H2,1-2H3,(H,21,23)/t15-,16+,18+,19-/m0/s1. The van der Waals surface area contributed by atoms with Crippen molar-refractivity contribution in [2.75, 3.05) is 51.5 Å². The van der Waals surface area contributed by atoms with E-state index >= 15 is 0 Å². The van der Waals surface area contributed by atoms with Gasteiger partial charge < -0.3 is 24.4 Å². The second kappa shape index (κ2) is 7.55. The lowest BCUT2D eigenvalue weighted by atomic mass is 9.67. The first-order valence-electron chi connectivity index (χ1n) is 9.54. The zero-order chi connectivity index (χ0) is 18.1. The zero-order valence-corrected chi connectivity index (χ0v) is 15.6. The summed E-state index contributed by atoms with van der Waals surface area (Å²) in [6, 6.07) is 6.13. The fourth-order valence-corrected chi connectivity index (χ4v) is 4.62. The highest BCUT2D eigenvalue weighted by Crippen LogP contribution is 2.43. The van der Waals surface area contributed by atoms with Gasteiger partial charge in [0, 0.05) is 55.9 Å². The molecule has 6 nitrogen and oxygen atoms in total. The number of anilines is 1. The molecule has 0 aromatic heterocycles. The molecule has 1 amide bonds. The summed E-state index contributed by atoms with van der Waals surface area (Å²) < 4.78 is 16.5. The van der Waals surface area contributed by atoms with Crippen LogP contribution >= 0.6 is 0 Å². The highest BCUT2D eigenvalue weighted by molar-refractivity contribution is 5.95. The molecule has 0 radical (unpaired) electrons. The Kier molecular flexibility index (Phi) is 5.16. The van der Waals surface area contributed by atoms with Crippen molar-refractivity contribution >= 4 is 11.6 Å². The van der Waals surface area contributed by atoms with Gasteiger partial charge in [-0.1, -0.05) is 0 Å². The number of morpholine rings is 1. The molecular weight excluding hydrogens is 332 g/mol. The van der Waals surface area contributed by atoms with E-state index in [-0.39, 0.29) is 24.0 Å². The lowest BCUT2D eigenvalue weighted by Crippen LogP contribution is -2.62. The summed E-state index contributed by atoms with van der Waals surface area (Å²) in [4.78, 5) is 15.1. The third kappa shape index (κ3) is 3.21. The Hall–Kier alpha value is -1.63. The average molecular weight is 360 g/mol. The van der Waals surface area contributed by atoms with Gasteiger partial charge in [0.1, 0.15) is 0 Å². The van der Waals surface area contributed by atoms with Crippen LogP contribution in [-0.4, -0.2) is 64.7 Å². The molecule has 2 saturated heterocycles. The first kappa shape index (κ1) is 17.8. The van der Waals surface area contributed by atoms with Gasteiger partial charge in [-0.15, -0.1) is 0 Å². The first-order chi connectivity index (χ1) is 12.7. The van der Waals surface area contributed by atoms with Crippen molar-refractivity contribution in [2.45, 2.75) is 25.5 Å². The van der Waals surface area contributed by atoms with Crippen LogP contribution in [0.15, 0.2) is 18.2 Å². The van der Waals surface area contributed by atoms with Gasteiger partial charge in [-0.3, -0.25) is 4.79 Å². The minimum atomic E-state index is -0.00178. The number of carbonyl (C=O) groups is 1. The van der Waals surface area contributed by atoms with Gasteiger partial charge in [0.15, 0.2) is 0 Å². The van der Waals surface area contributed by atoms with E-state index in [1.54, 1.807) is 7.11 Å². The number of benzene rings is 1. The van der Waals surface area contributed by atoms with Gasteiger partial charge in [-0.25, -0.2) is 0 Å². The molecule has 4 rings (SSSR count). The van der Waals surface area contributed by atoms with Crippen molar-refractivity contribution in [3.63, 3.8) is 0 Å². The van der Waals surface area contributed by atoms with Crippen LogP contribution in [0.2, 0.25) is 0 Å². The van der Waals surface area contributed by atoms with Crippen LogP contribution in [0.5, 0.6) is 0 Å². The average Bonchev–Trinajstić information content (AvgIpc) is 3.09. The number of nitrogens with one attached hydrogen (secondary N) is 1. The summed E-state index contributed by atoms with van der Waals surface area (Å²) in [6.07, 6.45) is 1.26. The number of rotatable bonds is 5. The van der Waals surface area contributed by atoms with Gasteiger partial charge in [0.25, 0.3) is 5.91 Å². The van der Waals surface area contributed by atoms with Crippen molar-refractivity contribution in [1.29, 1.82) is 0 Å². The summed E-state index contributed by atoms with van der Waals surface area (Å²) >= 11 is 0. The van der Waals surface area contributed by atoms with Crippen LogP contribution in [0.3, 0.4) is 0 Å². The number of hydrogen-bond acceptors (Lipinski definition) is 5. The van der Waals surface area contributed by atoms with Crippen LogP contribution in [-0.2, 0) is 14.2 Å². The van der Waals surface area contributed by atoms with E-state index < -0.39 is 0 Å². The number of fused-ring (bicyclic) bond motifs is 1. The molecular formula is C20H28N2O4. The Morgan fingerprint density at radius 2 is 2.12 bits per heavy atom. The molecule has 6 heteroatoms. The van der Waals surface area contributed by atoms with Crippen molar-refractivity contribution in [1.82, 2.24) is 5.32 Å². The Labute approximate surface area is 154 Å². The summed E-state index contributed by atoms with van der Waals surface area (Å²) in [5, 5.41) is 3.23. The minimum Gasteiger partial charge on any atom is -0.384 e. The molecule has 2 aliphatic heterocycles.